The number of hydrogen-bond acceptors (Lipinski definition) is 4. The Balaban J connectivity index is 0.000000673. The average molecular weight is 232 g/mol. The van der Waals surface area contributed by atoms with E-state index >= 15 is 0 Å². The maximum atomic E-state index is 12.6. The van der Waals surface area contributed by atoms with Crippen LogP contribution in [0.25, 0.3) is 0 Å². The summed E-state index contributed by atoms with van der Waals surface area (Å²) in [4.78, 5) is 33.9. The summed E-state index contributed by atoms with van der Waals surface area (Å²) in [7, 11) is 1.28. The van der Waals surface area contributed by atoms with Gasteiger partial charge < -0.3 is 11.1 Å². The van der Waals surface area contributed by atoms with Gasteiger partial charge in [0.1, 0.15) is 0 Å². The number of nitrogens with two attached hydrogens (primary N) is 1. The lowest BCUT2D eigenvalue weighted by atomic mass is 10.6. The first-order chi connectivity index (χ1) is 7.47. The molecule has 0 saturated heterocycles. The Morgan fingerprint density at radius 3 is 2.56 bits per heavy atom. The van der Waals surface area contributed by atoms with Crippen molar-refractivity contribution in [2.75, 3.05) is 13.6 Å². The summed E-state index contributed by atoms with van der Waals surface area (Å²) in [6, 6.07) is -0.819. The molecule has 0 aliphatic heterocycles. The van der Waals surface area contributed by atoms with Crippen molar-refractivity contribution in [1.29, 1.82) is 0 Å². The van der Waals surface area contributed by atoms with E-state index in [4.69, 9.17) is 5.73 Å². The van der Waals surface area contributed by atoms with Crippen LogP contribution in [0.2, 0.25) is 0 Å². The highest BCUT2D eigenvalue weighted by atomic mass is 19.1. The second kappa shape index (κ2) is 6.51. The summed E-state index contributed by atoms with van der Waals surface area (Å²) in [6.45, 7) is 2.65. The molecular weight excluding hydrogens is 219 g/mol. The van der Waals surface area contributed by atoms with Crippen LogP contribution in [-0.2, 0) is 0 Å². The van der Waals surface area contributed by atoms with Gasteiger partial charge in [-0.3, -0.25) is 9.78 Å². The third kappa shape index (κ3) is 3.65. The van der Waals surface area contributed by atoms with Crippen LogP contribution in [0.4, 0.5) is 9.18 Å². The lowest BCUT2D eigenvalue weighted by Crippen LogP contribution is -2.39. The van der Waals surface area contributed by atoms with Crippen LogP contribution in [0.3, 0.4) is 0 Å². The van der Waals surface area contributed by atoms with Crippen LogP contribution in [0.15, 0.2) is 15.8 Å². The van der Waals surface area contributed by atoms with E-state index in [9.17, 15) is 18.8 Å². The van der Waals surface area contributed by atoms with E-state index < -0.39 is 23.1 Å². The lowest BCUT2D eigenvalue weighted by molar-refractivity contribution is 0.242. The smallest absolute Gasteiger partial charge is 0.336 e. The molecule has 1 aromatic rings. The van der Waals surface area contributed by atoms with E-state index in [1.807, 2.05) is 6.92 Å². The Morgan fingerprint density at radius 1 is 1.62 bits per heavy atom. The summed E-state index contributed by atoms with van der Waals surface area (Å²) >= 11 is 0. The van der Waals surface area contributed by atoms with Crippen molar-refractivity contribution in [3.63, 3.8) is 0 Å². The molecule has 0 atom stereocenters. The van der Waals surface area contributed by atoms with Gasteiger partial charge >= 0.3 is 11.7 Å². The van der Waals surface area contributed by atoms with Crippen molar-refractivity contribution in [2.45, 2.75) is 6.92 Å². The molecule has 1 amide bonds. The van der Waals surface area contributed by atoms with E-state index in [1.165, 1.54) is 7.05 Å². The van der Waals surface area contributed by atoms with Crippen LogP contribution < -0.4 is 22.3 Å². The summed E-state index contributed by atoms with van der Waals surface area (Å²) in [5.41, 5.74) is 2.72. The van der Waals surface area contributed by atoms with Gasteiger partial charge in [-0.05, 0) is 6.54 Å². The zero-order valence-electron chi connectivity index (χ0n) is 8.91. The highest BCUT2D eigenvalue weighted by molar-refractivity contribution is 5.75. The number of carbonyl (C=O) groups excluding carboxylic acids is 1. The molecule has 1 rings (SSSR count). The first-order valence-electron chi connectivity index (χ1n) is 4.41. The van der Waals surface area contributed by atoms with Crippen LogP contribution in [0.5, 0.6) is 0 Å². The molecule has 0 aliphatic carbocycles. The maximum absolute atomic E-state index is 12.6. The minimum Gasteiger partial charge on any atom is -0.340 e. The van der Waals surface area contributed by atoms with Crippen molar-refractivity contribution < 1.29 is 9.18 Å². The van der Waals surface area contributed by atoms with Crippen LogP contribution in [-0.4, -0.2) is 29.2 Å². The second-order valence-corrected chi connectivity index (χ2v) is 2.57. The standard InChI is InChI=1S/C6H6FN3O3.C2H7N/c1-8-5(12)10-2-3(7)4(11)9-6(10)13;1-2-3/h2H,1H3,(H,8,12)(H,9,11,13);2-3H2,1H3. The van der Waals surface area contributed by atoms with E-state index in [2.05, 4.69) is 5.32 Å². The first-order valence-corrected chi connectivity index (χ1v) is 4.41. The number of carbonyl (C=O) groups is 1. The number of amides is 1. The maximum Gasteiger partial charge on any atom is 0.336 e. The van der Waals surface area contributed by atoms with Crippen molar-refractivity contribution in [3.05, 3.63) is 32.9 Å². The Morgan fingerprint density at radius 2 is 2.12 bits per heavy atom. The highest BCUT2D eigenvalue weighted by Crippen LogP contribution is 1.82. The molecule has 0 spiro atoms. The van der Waals surface area contributed by atoms with Crippen molar-refractivity contribution in [1.82, 2.24) is 14.9 Å². The number of halogens is 1. The third-order valence-electron chi connectivity index (χ3n) is 1.33. The summed E-state index contributed by atoms with van der Waals surface area (Å²) < 4.78 is 13.0. The molecule has 8 heteroatoms. The van der Waals surface area contributed by atoms with Crippen molar-refractivity contribution >= 4 is 6.03 Å². The van der Waals surface area contributed by atoms with Crippen molar-refractivity contribution in [2.24, 2.45) is 5.73 Å². The minimum absolute atomic E-state index is 0.427. The van der Waals surface area contributed by atoms with E-state index in [-0.39, 0.29) is 0 Å². The number of aromatic nitrogens is 2. The zero-order chi connectivity index (χ0) is 12.7. The molecule has 4 N–H and O–H groups in total. The van der Waals surface area contributed by atoms with E-state index in [0.717, 1.165) is 6.54 Å². The number of hydrogen-bond donors (Lipinski definition) is 3. The van der Waals surface area contributed by atoms with Gasteiger partial charge in [0.2, 0.25) is 5.82 Å². The van der Waals surface area contributed by atoms with Crippen LogP contribution in [0, 0.1) is 5.82 Å². The average Bonchev–Trinajstić information content (AvgIpc) is 2.23. The number of nitrogens with zero attached hydrogens (tertiary/aromatic N) is 1. The Kier molecular flexibility index (Phi) is 5.71. The van der Waals surface area contributed by atoms with E-state index in [1.54, 1.807) is 4.98 Å². The Bertz CT molecular complexity index is 465. The van der Waals surface area contributed by atoms with Crippen molar-refractivity contribution in [3.8, 4) is 0 Å². The molecule has 0 bridgehead atoms. The van der Waals surface area contributed by atoms with Crippen LogP contribution in [0.1, 0.15) is 6.92 Å². The molecular formula is C8H13FN4O3. The summed E-state index contributed by atoms with van der Waals surface area (Å²) in [5.74, 6) is -1.19. The molecule has 0 fully saturated rings. The fourth-order valence-electron chi connectivity index (χ4n) is 0.719. The van der Waals surface area contributed by atoms with Crippen LogP contribution >= 0.6 is 0 Å². The minimum atomic E-state index is -1.19. The molecule has 0 aromatic carbocycles. The van der Waals surface area contributed by atoms with Gasteiger partial charge in [-0.1, -0.05) is 6.92 Å². The van der Waals surface area contributed by atoms with Gasteiger partial charge in [0.15, 0.2) is 0 Å². The third-order valence-corrected chi connectivity index (χ3v) is 1.33. The molecule has 1 aromatic heterocycles. The predicted octanol–water partition coefficient (Wildman–Crippen LogP) is -1.17. The summed E-state index contributed by atoms with van der Waals surface area (Å²) in [6.07, 6.45) is 0.528. The molecule has 1 heterocycles. The van der Waals surface area contributed by atoms with Gasteiger partial charge in [0.25, 0.3) is 5.56 Å². The van der Waals surface area contributed by atoms with Gasteiger partial charge in [-0.15, -0.1) is 0 Å². The fraction of sp³-hybridized carbons (Fsp3) is 0.375. The molecule has 0 saturated carbocycles. The Hall–Kier alpha value is -1.96. The topological polar surface area (TPSA) is 110 Å². The predicted molar refractivity (Wildman–Crippen MR) is 55.9 cm³/mol. The first kappa shape index (κ1) is 14.0. The van der Waals surface area contributed by atoms with Gasteiger partial charge in [-0.25, -0.2) is 14.2 Å². The van der Waals surface area contributed by atoms with Gasteiger partial charge in [0, 0.05) is 7.05 Å². The Labute approximate surface area is 90.1 Å². The second-order valence-electron chi connectivity index (χ2n) is 2.57. The number of rotatable bonds is 0. The fourth-order valence-corrected chi connectivity index (χ4v) is 0.719. The monoisotopic (exact) mass is 232 g/mol. The molecule has 90 valence electrons. The van der Waals surface area contributed by atoms with Gasteiger partial charge in [-0.2, -0.15) is 4.39 Å². The molecule has 0 radical (unpaired) electrons. The highest BCUT2D eigenvalue weighted by Gasteiger charge is 2.08. The zero-order valence-corrected chi connectivity index (χ0v) is 8.91. The quantitative estimate of drug-likeness (QED) is 0.523. The van der Waals surface area contributed by atoms with Gasteiger partial charge in [0.05, 0.1) is 6.20 Å². The lowest BCUT2D eigenvalue weighted by Gasteiger charge is -2.00. The number of aromatic amines is 1. The largest absolute Gasteiger partial charge is 0.340 e. The summed E-state index contributed by atoms with van der Waals surface area (Å²) in [5, 5.41) is 2.10. The SMILES string of the molecule is CCN.CNC(=O)n1cc(F)c(=O)[nH]c1=O. The van der Waals surface area contributed by atoms with E-state index in [0.29, 0.717) is 10.8 Å². The molecule has 16 heavy (non-hydrogen) atoms. The number of nitrogens with one attached hydrogen (secondary N) is 2. The normalized spacial score (nSPS) is 9.00. The molecule has 0 unspecified atom stereocenters. The molecule has 0 aliphatic rings. The number of H-pyrrole nitrogens is 1. The molecule has 7 nitrogen and oxygen atoms in total.